The normalized spacial score (nSPS) is 12.1. The topological polar surface area (TPSA) is 161 Å². The molecule has 0 amide bonds. The predicted molar refractivity (Wildman–Crippen MR) is 36.2 cm³/mol. The van der Waals surface area contributed by atoms with E-state index in [-0.39, 0.29) is 41.7 Å². The monoisotopic (exact) mass is 370 g/mol. The summed E-state index contributed by atoms with van der Waals surface area (Å²) in [5.74, 6) is -12.4. The number of rotatable bonds is 6. The van der Waals surface area contributed by atoms with Crippen molar-refractivity contribution in [2.24, 2.45) is 11.3 Å². The van der Waals surface area contributed by atoms with Gasteiger partial charge in [-0.3, -0.25) is 0 Å². The van der Waals surface area contributed by atoms with Gasteiger partial charge in [-0.25, -0.2) is 0 Å². The van der Waals surface area contributed by atoms with Crippen LogP contribution in [0.15, 0.2) is 0 Å². The van der Waals surface area contributed by atoms with Crippen LogP contribution < -0.4 is 20.4 Å². The summed E-state index contributed by atoms with van der Waals surface area (Å²) in [6.45, 7) is 1.07. The minimum absolute atomic E-state index is 0. The molecule has 0 N–H and O–H groups in total. The second-order valence-corrected chi connectivity index (χ2v) is 2.95. The summed E-state index contributed by atoms with van der Waals surface area (Å²) in [5, 5.41) is 42.2. The zero-order chi connectivity index (χ0) is 13.1. The fraction of sp³-hybridized carbons (Fsp3) is 0.500. The first-order valence-corrected chi connectivity index (χ1v) is 4.08. The number of hydrogen-bond acceptors (Lipinski definition) is 8. The molecule has 0 bridgehead atoms. The quantitative estimate of drug-likeness (QED) is 0.418. The van der Waals surface area contributed by atoms with Crippen LogP contribution in [-0.2, 0) is 19.2 Å². The van der Waals surface area contributed by atoms with Crippen LogP contribution in [0, 0.1) is 53.1 Å². The van der Waals surface area contributed by atoms with E-state index in [1.807, 2.05) is 0 Å². The van der Waals surface area contributed by atoms with Crippen LogP contribution in [-0.4, -0.2) is 23.9 Å². The summed E-state index contributed by atoms with van der Waals surface area (Å²) >= 11 is 0. The Morgan fingerprint density at radius 2 is 1.24 bits per heavy atom. The average Bonchev–Trinajstić information content (AvgIpc) is 2.10. The minimum Gasteiger partial charge on any atom is -0.550 e. The van der Waals surface area contributed by atoms with E-state index in [4.69, 9.17) is 0 Å². The molecule has 1 atom stereocenters. The largest absolute Gasteiger partial charge is 4.00 e. The Hall–Kier alpha value is -0.743. The molecule has 17 heavy (non-hydrogen) atoms. The van der Waals surface area contributed by atoms with Gasteiger partial charge >= 0.3 is 41.7 Å². The molecule has 0 aromatic carbocycles. The number of hydrogen-bond donors (Lipinski definition) is 0. The van der Waals surface area contributed by atoms with E-state index in [1.165, 1.54) is 0 Å². The standard InChI is InChI=1S/C8H10O8.Ce/c1-2-3(4(9)10)8(5(11)12,6(13)14)7(15)16;/h3H,2H2,1H3,(H,9,10)(H,11,12)(H,13,14)(H,15,16);/q;+4/p-4. The molecule has 0 aliphatic carbocycles. The SMILES string of the molecule is CCC(C(=O)[O-])C(C(=O)[O-])(C(=O)[O-])C(=O)[O-].[Ce+4]. The predicted octanol–water partition coefficient (Wildman–Crippen LogP) is -6.00. The second-order valence-electron chi connectivity index (χ2n) is 2.95. The zero-order valence-corrected chi connectivity index (χ0v) is 11.7. The van der Waals surface area contributed by atoms with E-state index in [1.54, 1.807) is 0 Å². The third-order valence-corrected chi connectivity index (χ3v) is 2.18. The Balaban J connectivity index is 0. The maximum atomic E-state index is 10.6. The summed E-state index contributed by atoms with van der Waals surface area (Å²) < 4.78 is 0. The van der Waals surface area contributed by atoms with Crippen LogP contribution in [0.3, 0.4) is 0 Å². The summed E-state index contributed by atoms with van der Waals surface area (Å²) in [4.78, 5) is 42.2. The Bertz CT molecular complexity index is 313. The summed E-state index contributed by atoms with van der Waals surface area (Å²) in [7, 11) is 0. The first-order valence-electron chi connectivity index (χ1n) is 4.08. The zero-order valence-electron chi connectivity index (χ0n) is 8.55. The Morgan fingerprint density at radius 3 is 1.29 bits per heavy atom. The molecule has 0 spiro atoms. The number of carboxylic acids is 4. The van der Waals surface area contributed by atoms with Gasteiger partial charge in [0, 0.05) is 11.9 Å². The van der Waals surface area contributed by atoms with E-state index >= 15 is 0 Å². The van der Waals surface area contributed by atoms with Crippen molar-refractivity contribution in [3.63, 3.8) is 0 Å². The van der Waals surface area contributed by atoms with Crippen LogP contribution in [0.25, 0.3) is 0 Å². The van der Waals surface area contributed by atoms with Crippen LogP contribution in [0.4, 0.5) is 0 Å². The molecule has 0 aliphatic rings. The van der Waals surface area contributed by atoms with Gasteiger partial charge in [0.05, 0.1) is 23.3 Å². The molecule has 0 fully saturated rings. The first kappa shape index (κ1) is 18.6. The Labute approximate surface area is 129 Å². The van der Waals surface area contributed by atoms with Gasteiger partial charge in [-0.1, -0.05) is 6.92 Å². The van der Waals surface area contributed by atoms with Crippen molar-refractivity contribution in [1.82, 2.24) is 0 Å². The average molecular weight is 370 g/mol. The van der Waals surface area contributed by atoms with Crippen molar-refractivity contribution in [1.29, 1.82) is 0 Å². The Kier molecular flexibility index (Phi) is 7.52. The molecule has 0 radical (unpaired) electrons. The molecule has 0 aromatic rings. The van der Waals surface area contributed by atoms with Gasteiger partial charge in [-0.2, -0.15) is 0 Å². The molecule has 0 heterocycles. The summed E-state index contributed by atoms with van der Waals surface area (Å²) in [6, 6.07) is 0. The van der Waals surface area contributed by atoms with Crippen molar-refractivity contribution in [3.8, 4) is 0 Å². The smallest absolute Gasteiger partial charge is 0.550 e. The number of carbonyl (C=O) groups is 4. The molecule has 90 valence electrons. The Morgan fingerprint density at radius 1 is 0.941 bits per heavy atom. The van der Waals surface area contributed by atoms with Gasteiger partial charge in [-0.05, 0) is 6.42 Å². The molecular weight excluding hydrogens is 364 g/mol. The van der Waals surface area contributed by atoms with Gasteiger partial charge in [-0.15, -0.1) is 0 Å². The minimum atomic E-state index is -3.76. The van der Waals surface area contributed by atoms with Crippen LogP contribution in [0.1, 0.15) is 13.3 Å². The van der Waals surface area contributed by atoms with Crippen molar-refractivity contribution < 1.29 is 81.4 Å². The van der Waals surface area contributed by atoms with E-state index in [0.29, 0.717) is 0 Å². The summed E-state index contributed by atoms with van der Waals surface area (Å²) in [6.07, 6.45) is -0.613. The molecule has 1 unspecified atom stereocenters. The van der Waals surface area contributed by atoms with Gasteiger partial charge in [0.1, 0.15) is 0 Å². The maximum Gasteiger partial charge on any atom is 4.00 e. The fourth-order valence-corrected chi connectivity index (χ4v) is 1.33. The van der Waals surface area contributed by atoms with Crippen molar-refractivity contribution in [2.45, 2.75) is 13.3 Å². The van der Waals surface area contributed by atoms with Crippen LogP contribution in [0.2, 0.25) is 0 Å². The fourth-order valence-electron chi connectivity index (χ4n) is 1.33. The van der Waals surface area contributed by atoms with Gasteiger partial charge in [0.2, 0.25) is 0 Å². The first-order chi connectivity index (χ1) is 7.22. The molecular formula is C8H6CeO8. The molecule has 8 nitrogen and oxygen atoms in total. The van der Waals surface area contributed by atoms with Crippen molar-refractivity contribution in [3.05, 3.63) is 0 Å². The van der Waals surface area contributed by atoms with Gasteiger partial charge in [0.25, 0.3) is 0 Å². The van der Waals surface area contributed by atoms with E-state index in [2.05, 4.69) is 0 Å². The molecule has 0 saturated carbocycles. The van der Waals surface area contributed by atoms with Crippen molar-refractivity contribution in [2.75, 3.05) is 0 Å². The third-order valence-electron chi connectivity index (χ3n) is 2.18. The molecule has 0 aromatic heterocycles. The van der Waals surface area contributed by atoms with Crippen LogP contribution in [0.5, 0.6) is 0 Å². The number of carboxylic acid groups (broad SMARTS) is 4. The number of carbonyl (C=O) groups excluding carboxylic acids is 4. The molecule has 0 rings (SSSR count). The van der Waals surface area contributed by atoms with Gasteiger partial charge < -0.3 is 39.6 Å². The second kappa shape index (κ2) is 6.86. The molecule has 0 saturated heterocycles. The maximum absolute atomic E-state index is 10.6. The molecule has 9 heteroatoms. The summed E-state index contributed by atoms with van der Waals surface area (Å²) in [5.41, 5.74) is -3.76. The molecule has 0 aliphatic heterocycles. The number of aliphatic carboxylic acids is 4. The van der Waals surface area contributed by atoms with Gasteiger partial charge in [0.15, 0.2) is 0 Å². The van der Waals surface area contributed by atoms with E-state index < -0.39 is 41.6 Å². The van der Waals surface area contributed by atoms with Crippen LogP contribution >= 0.6 is 0 Å². The third kappa shape index (κ3) is 3.13. The van der Waals surface area contributed by atoms with Crippen molar-refractivity contribution >= 4 is 23.9 Å². The van der Waals surface area contributed by atoms with E-state index in [9.17, 15) is 39.6 Å². The van der Waals surface area contributed by atoms with E-state index in [0.717, 1.165) is 6.92 Å².